The Morgan fingerprint density at radius 1 is 1.09 bits per heavy atom. The summed E-state index contributed by atoms with van der Waals surface area (Å²) in [5.41, 5.74) is 4.13. The molecule has 7 heteroatoms. The number of hydrogen-bond donors (Lipinski definition) is 2. The van der Waals surface area contributed by atoms with Crippen LogP contribution in [0.25, 0.3) is 11.4 Å². The van der Waals surface area contributed by atoms with Crippen LogP contribution in [-0.4, -0.2) is 31.3 Å². The van der Waals surface area contributed by atoms with Crippen LogP contribution in [0.2, 0.25) is 0 Å². The molecule has 180 valence electrons. The van der Waals surface area contributed by atoms with E-state index in [1.165, 1.54) is 11.8 Å². The van der Waals surface area contributed by atoms with Crippen LogP contribution in [0.4, 0.5) is 5.69 Å². The molecule has 0 aliphatic carbocycles. The number of imidazole rings is 1. The number of rotatable bonds is 10. The van der Waals surface area contributed by atoms with Crippen molar-refractivity contribution in [2.75, 3.05) is 5.32 Å². The highest BCUT2D eigenvalue weighted by atomic mass is 32.2. The van der Waals surface area contributed by atoms with Gasteiger partial charge in [-0.2, -0.15) is 0 Å². The summed E-state index contributed by atoms with van der Waals surface area (Å²) in [5.74, 6) is -0.358. The molecular formula is C27H33N3O3S. The second-order valence-electron chi connectivity index (χ2n) is 9.06. The fourth-order valence-electron chi connectivity index (χ4n) is 3.53. The third-order valence-corrected chi connectivity index (χ3v) is 6.85. The van der Waals surface area contributed by atoms with Crippen molar-refractivity contribution in [3.8, 4) is 11.4 Å². The summed E-state index contributed by atoms with van der Waals surface area (Å²) in [4.78, 5) is 30.0. The Hall–Kier alpha value is -3.06. The van der Waals surface area contributed by atoms with Gasteiger partial charge in [-0.05, 0) is 63.4 Å². The fourth-order valence-corrected chi connectivity index (χ4v) is 4.47. The summed E-state index contributed by atoms with van der Waals surface area (Å²) < 4.78 is 1.12. The molecule has 0 saturated heterocycles. The zero-order valence-electron chi connectivity index (χ0n) is 20.5. The SMILES string of the molecule is CCCCCn1cc(C(=O)Nc2cc(C)ccc2C)nc1-c1ccc(SC(C)(C)C(=O)O)cc1. The lowest BCUT2D eigenvalue weighted by molar-refractivity contribution is -0.138. The van der Waals surface area contributed by atoms with Gasteiger partial charge >= 0.3 is 5.97 Å². The summed E-state index contributed by atoms with van der Waals surface area (Å²) in [6.45, 7) is 10.3. The lowest BCUT2D eigenvalue weighted by Crippen LogP contribution is -2.26. The van der Waals surface area contributed by atoms with E-state index in [2.05, 4.69) is 17.2 Å². The van der Waals surface area contributed by atoms with Gasteiger partial charge in [0.15, 0.2) is 0 Å². The number of benzene rings is 2. The number of thioether (sulfide) groups is 1. The largest absolute Gasteiger partial charge is 0.480 e. The Morgan fingerprint density at radius 2 is 1.79 bits per heavy atom. The minimum Gasteiger partial charge on any atom is -0.480 e. The van der Waals surface area contributed by atoms with Gasteiger partial charge in [0.05, 0.1) is 0 Å². The molecule has 0 spiro atoms. The van der Waals surface area contributed by atoms with Crippen LogP contribution in [0.15, 0.2) is 53.6 Å². The number of aryl methyl sites for hydroxylation is 3. The van der Waals surface area contributed by atoms with Crippen LogP contribution in [0.5, 0.6) is 0 Å². The zero-order chi connectivity index (χ0) is 24.9. The first-order chi connectivity index (χ1) is 16.1. The van der Waals surface area contributed by atoms with E-state index in [1.807, 2.05) is 67.1 Å². The van der Waals surface area contributed by atoms with Gasteiger partial charge in [0.25, 0.3) is 5.91 Å². The van der Waals surface area contributed by atoms with E-state index < -0.39 is 10.7 Å². The Kier molecular flexibility index (Phi) is 8.20. The molecule has 1 heterocycles. The molecule has 3 aromatic rings. The highest BCUT2D eigenvalue weighted by molar-refractivity contribution is 8.01. The Morgan fingerprint density at radius 3 is 2.44 bits per heavy atom. The molecule has 34 heavy (non-hydrogen) atoms. The smallest absolute Gasteiger partial charge is 0.319 e. The number of aliphatic carboxylic acids is 1. The maximum Gasteiger partial charge on any atom is 0.319 e. The molecule has 1 amide bonds. The molecule has 0 radical (unpaired) electrons. The molecule has 3 rings (SSSR count). The molecule has 2 N–H and O–H groups in total. The van der Waals surface area contributed by atoms with Crippen molar-refractivity contribution < 1.29 is 14.7 Å². The van der Waals surface area contributed by atoms with Gasteiger partial charge in [-0.15, -0.1) is 11.8 Å². The summed E-state index contributed by atoms with van der Waals surface area (Å²) in [6.07, 6.45) is 5.02. The van der Waals surface area contributed by atoms with Gasteiger partial charge in [0.2, 0.25) is 0 Å². The Balaban J connectivity index is 1.88. The topological polar surface area (TPSA) is 84.2 Å². The van der Waals surface area contributed by atoms with E-state index >= 15 is 0 Å². The molecule has 0 fully saturated rings. The van der Waals surface area contributed by atoms with Gasteiger partial charge in [0.1, 0.15) is 16.3 Å². The Labute approximate surface area is 205 Å². The van der Waals surface area contributed by atoms with Crippen molar-refractivity contribution in [1.82, 2.24) is 9.55 Å². The van der Waals surface area contributed by atoms with Gasteiger partial charge in [-0.3, -0.25) is 9.59 Å². The first-order valence-electron chi connectivity index (χ1n) is 11.6. The predicted molar refractivity (Wildman–Crippen MR) is 139 cm³/mol. The zero-order valence-corrected chi connectivity index (χ0v) is 21.3. The first-order valence-corrected chi connectivity index (χ1v) is 12.4. The summed E-state index contributed by atoms with van der Waals surface area (Å²) in [5, 5.41) is 12.4. The third kappa shape index (κ3) is 6.29. The maximum atomic E-state index is 13.0. The van der Waals surface area contributed by atoms with Crippen LogP contribution >= 0.6 is 11.8 Å². The van der Waals surface area contributed by atoms with Gasteiger partial charge in [-0.1, -0.05) is 44.0 Å². The predicted octanol–water partition coefficient (Wildman–Crippen LogP) is 6.56. The number of nitrogens with zero attached hydrogens (tertiary/aromatic N) is 2. The van der Waals surface area contributed by atoms with Crippen molar-refractivity contribution >= 4 is 29.3 Å². The molecule has 0 bridgehead atoms. The van der Waals surface area contributed by atoms with Gasteiger partial charge in [0, 0.05) is 28.9 Å². The van der Waals surface area contributed by atoms with Crippen molar-refractivity contribution in [3.05, 3.63) is 65.5 Å². The fraction of sp³-hybridized carbons (Fsp3) is 0.370. The molecule has 0 unspecified atom stereocenters. The number of anilines is 1. The number of nitrogens with one attached hydrogen (secondary N) is 1. The maximum absolute atomic E-state index is 13.0. The lowest BCUT2D eigenvalue weighted by Gasteiger charge is -2.18. The number of unbranched alkanes of at least 4 members (excludes halogenated alkanes) is 2. The number of carbonyl (C=O) groups excluding carboxylic acids is 1. The third-order valence-electron chi connectivity index (χ3n) is 5.65. The second-order valence-corrected chi connectivity index (χ2v) is 10.8. The van der Waals surface area contributed by atoms with Gasteiger partial charge in [-0.25, -0.2) is 4.98 Å². The molecule has 6 nitrogen and oxygen atoms in total. The Bertz CT molecular complexity index is 1170. The highest BCUT2D eigenvalue weighted by Gasteiger charge is 2.28. The van der Waals surface area contributed by atoms with E-state index in [-0.39, 0.29) is 5.91 Å². The van der Waals surface area contributed by atoms with Crippen LogP contribution in [0.3, 0.4) is 0 Å². The second kappa shape index (κ2) is 10.9. The van der Waals surface area contributed by atoms with E-state index in [0.717, 1.165) is 58.9 Å². The average Bonchev–Trinajstić information content (AvgIpc) is 3.21. The van der Waals surface area contributed by atoms with Crippen LogP contribution in [0, 0.1) is 13.8 Å². The van der Waals surface area contributed by atoms with E-state index in [9.17, 15) is 14.7 Å². The monoisotopic (exact) mass is 479 g/mol. The molecule has 0 aliphatic rings. The molecule has 0 atom stereocenters. The molecule has 2 aromatic carbocycles. The molecular weight excluding hydrogens is 446 g/mol. The van der Waals surface area contributed by atoms with Crippen molar-refractivity contribution in [2.24, 2.45) is 0 Å². The minimum atomic E-state index is -0.917. The van der Waals surface area contributed by atoms with Crippen LogP contribution in [-0.2, 0) is 11.3 Å². The lowest BCUT2D eigenvalue weighted by atomic mass is 10.1. The number of carboxylic acids is 1. The van der Waals surface area contributed by atoms with Crippen molar-refractivity contribution in [1.29, 1.82) is 0 Å². The normalized spacial score (nSPS) is 11.4. The summed E-state index contributed by atoms with van der Waals surface area (Å²) in [7, 11) is 0. The quantitative estimate of drug-likeness (QED) is 0.254. The van der Waals surface area contributed by atoms with Crippen molar-refractivity contribution in [2.45, 2.75) is 70.1 Å². The van der Waals surface area contributed by atoms with Crippen molar-refractivity contribution in [3.63, 3.8) is 0 Å². The number of aromatic nitrogens is 2. The number of carbonyl (C=O) groups is 2. The standard InChI is InChI=1S/C27H33N3O3S/c1-6-7-8-15-30-17-23(25(31)29-22-16-18(2)9-10-19(22)3)28-24(30)20-11-13-21(14-12-20)34-27(4,5)26(32)33/h9-14,16-17H,6-8,15H2,1-5H3,(H,29,31)(H,32,33). The molecule has 0 aliphatic heterocycles. The molecule has 0 saturated carbocycles. The van der Waals surface area contributed by atoms with E-state index in [1.54, 1.807) is 13.8 Å². The number of carboxylic acid groups (broad SMARTS) is 1. The molecule has 1 aromatic heterocycles. The highest BCUT2D eigenvalue weighted by Crippen LogP contribution is 2.34. The summed E-state index contributed by atoms with van der Waals surface area (Å²) in [6, 6.07) is 13.7. The van der Waals surface area contributed by atoms with E-state index in [4.69, 9.17) is 0 Å². The number of hydrogen-bond acceptors (Lipinski definition) is 4. The number of amides is 1. The van der Waals surface area contributed by atoms with Gasteiger partial charge < -0.3 is 15.0 Å². The van der Waals surface area contributed by atoms with Crippen LogP contribution < -0.4 is 5.32 Å². The van der Waals surface area contributed by atoms with Crippen LogP contribution in [0.1, 0.15) is 61.6 Å². The first kappa shape index (κ1) is 25.6. The summed E-state index contributed by atoms with van der Waals surface area (Å²) >= 11 is 1.30. The van der Waals surface area contributed by atoms with E-state index in [0.29, 0.717) is 5.69 Å². The minimum absolute atomic E-state index is 0.237. The average molecular weight is 480 g/mol.